The molecule has 0 spiro atoms. The van der Waals surface area contributed by atoms with Gasteiger partial charge >= 0.3 is 0 Å². The molecule has 0 saturated carbocycles. The summed E-state index contributed by atoms with van der Waals surface area (Å²) in [6.45, 7) is 0. The Morgan fingerprint density at radius 3 is 1.62 bits per heavy atom. The zero-order valence-corrected chi connectivity index (χ0v) is 32.6. The zero-order valence-electron chi connectivity index (χ0n) is 31.8. The summed E-state index contributed by atoms with van der Waals surface area (Å²) in [7, 11) is 0. The number of thiophene rings is 1. The summed E-state index contributed by atoms with van der Waals surface area (Å²) in [5.74, 6) is 0. The van der Waals surface area contributed by atoms with E-state index >= 15 is 0 Å². The molecule has 0 fully saturated rings. The van der Waals surface area contributed by atoms with Gasteiger partial charge in [-0.15, -0.1) is 11.3 Å². The molecule has 2 heterocycles. The van der Waals surface area contributed by atoms with E-state index in [1.54, 1.807) is 0 Å². The highest BCUT2D eigenvalue weighted by atomic mass is 32.1. The first-order chi connectivity index (χ1) is 28.8. The van der Waals surface area contributed by atoms with Crippen molar-refractivity contribution in [2.75, 3.05) is 0 Å². The van der Waals surface area contributed by atoms with E-state index in [-0.39, 0.29) is 0 Å². The summed E-state index contributed by atoms with van der Waals surface area (Å²) in [6.07, 6.45) is 8.91. The Hall–Kier alpha value is -7.00. The summed E-state index contributed by atoms with van der Waals surface area (Å²) in [5, 5.41) is 10.3. The average molecular weight is 756 g/mol. The molecule has 0 amide bonds. The van der Waals surface area contributed by atoms with Crippen LogP contribution < -0.4 is 0 Å². The average Bonchev–Trinajstić information content (AvgIpc) is 3.84. The number of benzene rings is 9. The maximum absolute atomic E-state index is 2.46. The Morgan fingerprint density at radius 1 is 0.414 bits per heavy atom. The van der Waals surface area contributed by atoms with Crippen molar-refractivity contribution in [1.29, 1.82) is 0 Å². The monoisotopic (exact) mass is 755 g/mol. The van der Waals surface area contributed by atoms with Crippen LogP contribution in [0.25, 0.3) is 108 Å². The lowest BCUT2D eigenvalue weighted by Crippen LogP contribution is -1.95. The van der Waals surface area contributed by atoms with Crippen molar-refractivity contribution in [2.45, 2.75) is 12.8 Å². The predicted octanol–water partition coefficient (Wildman–Crippen LogP) is 16.2. The smallest absolute Gasteiger partial charge is 0.0541 e. The molecule has 0 radical (unpaired) electrons. The minimum absolute atomic E-state index is 1.07. The van der Waals surface area contributed by atoms with E-state index < -0.39 is 0 Å². The fourth-order valence-electron chi connectivity index (χ4n) is 9.62. The first kappa shape index (κ1) is 33.2. The number of fused-ring (bicyclic) bond motifs is 8. The van der Waals surface area contributed by atoms with E-state index in [0.29, 0.717) is 0 Å². The Bertz CT molecular complexity index is 3430. The van der Waals surface area contributed by atoms with Gasteiger partial charge in [0.1, 0.15) is 0 Å². The molecule has 0 N–H and O–H groups in total. The van der Waals surface area contributed by atoms with Gasteiger partial charge in [0, 0.05) is 36.6 Å². The number of hydrogen-bond acceptors (Lipinski definition) is 1. The van der Waals surface area contributed by atoms with Gasteiger partial charge in [0.25, 0.3) is 0 Å². The third kappa shape index (κ3) is 5.15. The third-order valence-electron chi connectivity index (χ3n) is 12.3. The van der Waals surface area contributed by atoms with Crippen LogP contribution in [0.5, 0.6) is 0 Å². The molecule has 272 valence electrons. The minimum atomic E-state index is 1.07. The minimum Gasteiger partial charge on any atom is -0.309 e. The highest BCUT2D eigenvalue weighted by molar-refractivity contribution is 7.26. The largest absolute Gasteiger partial charge is 0.309 e. The molecule has 0 atom stereocenters. The number of nitrogens with zero attached hydrogens (tertiary/aromatic N) is 1. The van der Waals surface area contributed by atoms with Crippen LogP contribution in [-0.4, -0.2) is 4.57 Å². The molecule has 0 bridgehead atoms. The van der Waals surface area contributed by atoms with Gasteiger partial charge in [0.05, 0.1) is 11.0 Å². The van der Waals surface area contributed by atoms with Gasteiger partial charge in [-0.05, 0) is 121 Å². The molecule has 0 saturated heterocycles. The van der Waals surface area contributed by atoms with E-state index in [1.807, 2.05) is 11.3 Å². The Kier molecular flexibility index (Phi) is 7.61. The molecule has 11 aromatic rings. The molecule has 9 aromatic carbocycles. The van der Waals surface area contributed by atoms with E-state index in [0.717, 1.165) is 18.5 Å². The summed E-state index contributed by atoms with van der Waals surface area (Å²) in [4.78, 5) is 0. The van der Waals surface area contributed by atoms with Gasteiger partial charge in [-0.25, -0.2) is 0 Å². The standard InChI is InChI=1S/C56H37NS/c1-3-14-36(15-4-1)39-28-32-51-49(34-39)50-35-40(42-23-13-24-48-43-18-11-12-25-53(43)58-56(42)48)29-33-52(50)57(51)41-30-26-38(27-31-41)55-46-21-9-7-19-44(46)54(37-16-5-2-6-17-37)45-20-8-10-22-47(45)55/h1-3,5-14,16-35H,4,15H2. The van der Waals surface area contributed by atoms with Crippen LogP contribution in [0, 0.1) is 0 Å². The van der Waals surface area contributed by atoms with E-state index in [2.05, 4.69) is 205 Å². The molecule has 0 unspecified atom stereocenters. The van der Waals surface area contributed by atoms with E-state index in [4.69, 9.17) is 0 Å². The first-order valence-corrected chi connectivity index (χ1v) is 21.0. The van der Waals surface area contributed by atoms with Crippen molar-refractivity contribution in [3.05, 3.63) is 206 Å². The number of rotatable bonds is 5. The molecular weight excluding hydrogens is 719 g/mol. The Balaban J connectivity index is 1.05. The van der Waals surface area contributed by atoms with Crippen LogP contribution in [0.3, 0.4) is 0 Å². The fourth-order valence-corrected chi connectivity index (χ4v) is 10.9. The second kappa shape index (κ2) is 13.3. The molecule has 0 aliphatic heterocycles. The lowest BCUT2D eigenvalue weighted by molar-refractivity contribution is 1.05. The summed E-state index contributed by atoms with van der Waals surface area (Å²) in [5.41, 5.74) is 13.9. The number of hydrogen-bond donors (Lipinski definition) is 0. The summed E-state index contributed by atoms with van der Waals surface area (Å²) < 4.78 is 5.14. The zero-order chi connectivity index (χ0) is 38.2. The van der Waals surface area contributed by atoms with Crippen LogP contribution >= 0.6 is 11.3 Å². The molecule has 58 heavy (non-hydrogen) atoms. The number of aromatic nitrogens is 1. The van der Waals surface area contributed by atoms with E-state index in [1.165, 1.54) is 108 Å². The molecule has 2 aromatic heterocycles. The molecule has 12 rings (SSSR count). The van der Waals surface area contributed by atoms with Gasteiger partial charge in [0.15, 0.2) is 0 Å². The van der Waals surface area contributed by atoms with Gasteiger partial charge < -0.3 is 4.57 Å². The maximum Gasteiger partial charge on any atom is 0.0541 e. The summed E-state index contributed by atoms with van der Waals surface area (Å²) in [6, 6.07) is 67.7. The molecule has 1 aliphatic carbocycles. The van der Waals surface area contributed by atoms with Crippen molar-refractivity contribution in [1.82, 2.24) is 4.57 Å². The normalized spacial score (nSPS) is 13.1. The van der Waals surface area contributed by atoms with Crippen LogP contribution in [0.1, 0.15) is 18.4 Å². The van der Waals surface area contributed by atoms with Crippen LogP contribution in [0.15, 0.2) is 200 Å². The number of allylic oxidation sites excluding steroid dienone is 4. The quantitative estimate of drug-likeness (QED) is 0.154. The second-order valence-corrected chi connectivity index (χ2v) is 16.5. The lowest BCUT2D eigenvalue weighted by Gasteiger charge is -2.18. The van der Waals surface area contributed by atoms with Crippen molar-refractivity contribution in [2.24, 2.45) is 0 Å². The summed E-state index contributed by atoms with van der Waals surface area (Å²) >= 11 is 1.90. The highest BCUT2D eigenvalue weighted by Crippen LogP contribution is 2.45. The third-order valence-corrected chi connectivity index (χ3v) is 13.5. The topological polar surface area (TPSA) is 4.93 Å². The Morgan fingerprint density at radius 2 is 0.966 bits per heavy atom. The SMILES string of the molecule is C1=CCCC(c2ccc3c(c2)c2cc(-c4cccc5c4sc4ccccc45)ccc2n3-c2ccc(-c3c4ccccc4c(-c4ccccc4)c4ccccc34)cc2)=C1. The molecule has 2 heteroatoms. The van der Waals surface area contributed by atoms with Crippen molar-refractivity contribution >= 4 is 80.4 Å². The van der Waals surface area contributed by atoms with Gasteiger partial charge in [0.2, 0.25) is 0 Å². The van der Waals surface area contributed by atoms with Gasteiger partial charge in [-0.1, -0.05) is 158 Å². The van der Waals surface area contributed by atoms with Crippen molar-refractivity contribution < 1.29 is 0 Å². The van der Waals surface area contributed by atoms with Crippen LogP contribution in [0.4, 0.5) is 0 Å². The van der Waals surface area contributed by atoms with Crippen molar-refractivity contribution in [3.63, 3.8) is 0 Å². The predicted molar refractivity (Wildman–Crippen MR) is 251 cm³/mol. The molecule has 1 nitrogen and oxygen atoms in total. The van der Waals surface area contributed by atoms with Crippen LogP contribution in [0.2, 0.25) is 0 Å². The second-order valence-electron chi connectivity index (χ2n) is 15.5. The lowest BCUT2D eigenvalue weighted by atomic mass is 9.86. The Labute approximate surface area is 341 Å². The molecular formula is C56H37NS. The van der Waals surface area contributed by atoms with Crippen molar-refractivity contribution in [3.8, 4) is 39.1 Å². The van der Waals surface area contributed by atoms with Gasteiger partial charge in [-0.3, -0.25) is 0 Å². The van der Waals surface area contributed by atoms with Crippen LogP contribution in [-0.2, 0) is 0 Å². The molecule has 1 aliphatic rings. The fraction of sp³-hybridized carbons (Fsp3) is 0.0357. The van der Waals surface area contributed by atoms with E-state index in [9.17, 15) is 0 Å². The maximum atomic E-state index is 2.46. The van der Waals surface area contributed by atoms with Gasteiger partial charge in [-0.2, -0.15) is 0 Å². The first-order valence-electron chi connectivity index (χ1n) is 20.2. The highest BCUT2D eigenvalue weighted by Gasteiger charge is 2.19.